The van der Waals surface area contributed by atoms with Gasteiger partial charge in [-0.05, 0) is 24.3 Å². The van der Waals surface area contributed by atoms with Gasteiger partial charge in [-0.3, -0.25) is 19.2 Å². The highest BCUT2D eigenvalue weighted by Gasteiger charge is 2.31. The number of nitrogens with zero attached hydrogens (tertiary/aromatic N) is 4. The van der Waals surface area contributed by atoms with E-state index in [-0.39, 0.29) is 59.9 Å². The second-order valence-electron chi connectivity index (χ2n) is 8.11. The number of halogens is 1. The van der Waals surface area contributed by atoms with Gasteiger partial charge >= 0.3 is 11.8 Å². The number of amides is 3. The van der Waals surface area contributed by atoms with Gasteiger partial charge in [0.25, 0.3) is 17.6 Å². The molecule has 2 aromatic carbocycles. The summed E-state index contributed by atoms with van der Waals surface area (Å²) >= 11 is 0. The molecular weight excluding hydrogens is 471 g/mol. The molecule has 3 heterocycles. The maximum Gasteiger partial charge on any atom is 0.316 e. The lowest BCUT2D eigenvalue weighted by atomic mass is 10.0. The molecule has 1 saturated heterocycles. The maximum atomic E-state index is 14.8. The zero-order valence-electron chi connectivity index (χ0n) is 18.7. The van der Waals surface area contributed by atoms with Crippen molar-refractivity contribution in [2.45, 2.75) is 0 Å². The summed E-state index contributed by atoms with van der Waals surface area (Å²) in [6, 6.07) is 11.2. The van der Waals surface area contributed by atoms with Crippen LogP contribution in [0.3, 0.4) is 0 Å². The molecule has 0 radical (unpaired) electrons. The molecule has 0 saturated carbocycles. The third-order valence-electron chi connectivity index (χ3n) is 5.98. The van der Waals surface area contributed by atoms with E-state index in [1.807, 2.05) is 6.07 Å². The summed E-state index contributed by atoms with van der Waals surface area (Å²) in [7, 11) is 0. The van der Waals surface area contributed by atoms with Crippen molar-refractivity contribution in [2.75, 3.05) is 26.2 Å². The van der Waals surface area contributed by atoms with Gasteiger partial charge in [0.2, 0.25) is 5.82 Å². The number of hydrogen-bond donors (Lipinski definition) is 2. The third-order valence-corrected chi connectivity index (χ3v) is 5.98. The van der Waals surface area contributed by atoms with Crippen molar-refractivity contribution < 1.29 is 28.1 Å². The minimum Gasteiger partial charge on any atom is -0.361 e. The number of piperazine rings is 1. The van der Waals surface area contributed by atoms with Crippen LogP contribution in [0.4, 0.5) is 4.39 Å². The normalized spacial score (nSPS) is 13.7. The Labute approximate surface area is 202 Å². The number of ketones is 1. The van der Waals surface area contributed by atoms with Gasteiger partial charge in [0, 0.05) is 48.9 Å². The van der Waals surface area contributed by atoms with Gasteiger partial charge in [-0.1, -0.05) is 23.4 Å². The molecule has 3 amide bonds. The molecule has 182 valence electrons. The topological polar surface area (TPSA) is 155 Å². The smallest absolute Gasteiger partial charge is 0.316 e. The van der Waals surface area contributed by atoms with Crippen LogP contribution in [0.2, 0.25) is 0 Å². The Morgan fingerprint density at radius 3 is 2.33 bits per heavy atom. The molecule has 0 spiro atoms. The zero-order valence-corrected chi connectivity index (χ0v) is 18.7. The molecule has 1 aliphatic rings. The van der Waals surface area contributed by atoms with Gasteiger partial charge in [-0.25, -0.2) is 4.39 Å². The molecule has 1 fully saturated rings. The fourth-order valence-electron chi connectivity index (χ4n) is 4.14. The van der Waals surface area contributed by atoms with Crippen LogP contribution in [0, 0.1) is 5.82 Å². The number of Topliss-reactive ketones (excluding diaryl/α,β-unsaturated/α-hetero) is 1. The number of nitrogens with two attached hydrogens (primary N) is 1. The first-order chi connectivity index (χ1) is 17.3. The molecule has 2 aromatic heterocycles. The molecule has 0 aliphatic carbocycles. The minimum atomic E-state index is -0.925. The number of fused-ring (bicyclic) bond motifs is 1. The molecule has 36 heavy (non-hydrogen) atoms. The molecule has 0 atom stereocenters. The lowest BCUT2D eigenvalue weighted by Gasteiger charge is -2.34. The highest BCUT2D eigenvalue weighted by atomic mass is 19.1. The molecule has 5 rings (SSSR count). The van der Waals surface area contributed by atoms with Crippen LogP contribution in [0.25, 0.3) is 22.3 Å². The minimum absolute atomic E-state index is 0.0415. The Kier molecular flexibility index (Phi) is 5.76. The number of carbonyl (C=O) groups is 4. The summed E-state index contributed by atoms with van der Waals surface area (Å²) in [6.45, 7) is 0.855. The molecule has 12 heteroatoms. The average molecular weight is 490 g/mol. The number of nitrogens with one attached hydrogen (secondary N) is 1. The standard InChI is InChI=1S/C24H19FN6O5/c25-16-7-6-14(21-28-22(20(26)33)36-29-21)18-17(16)15(12-27-18)19(32)24(35)31-10-8-30(9-11-31)23(34)13-4-2-1-3-5-13/h1-7,12,27H,8-11H2,(H2,26,33). The first-order valence-electron chi connectivity index (χ1n) is 11.0. The largest absolute Gasteiger partial charge is 0.361 e. The van der Waals surface area contributed by atoms with Gasteiger partial charge in [-0.15, -0.1) is 0 Å². The number of rotatable bonds is 5. The number of hydrogen-bond acceptors (Lipinski definition) is 7. The van der Waals surface area contributed by atoms with Crippen LogP contribution in [0.15, 0.2) is 53.2 Å². The molecule has 11 nitrogen and oxygen atoms in total. The second-order valence-corrected chi connectivity index (χ2v) is 8.11. The van der Waals surface area contributed by atoms with Crippen LogP contribution >= 0.6 is 0 Å². The quantitative estimate of drug-likeness (QED) is 0.318. The van der Waals surface area contributed by atoms with Crippen molar-refractivity contribution in [3.8, 4) is 11.4 Å². The van der Waals surface area contributed by atoms with Gasteiger partial charge in [0.1, 0.15) is 5.82 Å². The Morgan fingerprint density at radius 2 is 1.67 bits per heavy atom. The van der Waals surface area contributed by atoms with E-state index < -0.39 is 29.3 Å². The van der Waals surface area contributed by atoms with E-state index in [0.29, 0.717) is 5.56 Å². The van der Waals surface area contributed by atoms with E-state index in [9.17, 15) is 23.6 Å². The molecule has 0 bridgehead atoms. The van der Waals surface area contributed by atoms with Crippen LogP contribution in [-0.2, 0) is 4.79 Å². The van der Waals surface area contributed by atoms with Crippen molar-refractivity contribution in [1.82, 2.24) is 24.9 Å². The van der Waals surface area contributed by atoms with Gasteiger partial charge < -0.3 is 25.0 Å². The van der Waals surface area contributed by atoms with Crippen molar-refractivity contribution in [3.05, 3.63) is 71.5 Å². The summed E-state index contributed by atoms with van der Waals surface area (Å²) in [6.07, 6.45) is 1.24. The predicted octanol–water partition coefficient (Wildman–Crippen LogP) is 1.62. The second kappa shape index (κ2) is 9.06. The van der Waals surface area contributed by atoms with Crippen molar-refractivity contribution in [1.29, 1.82) is 0 Å². The SMILES string of the molecule is NC(=O)c1nc(-c2ccc(F)c3c(C(=O)C(=O)N4CCN(C(=O)c5ccccc5)CC4)c[nH]c23)no1. The number of benzene rings is 2. The summed E-state index contributed by atoms with van der Waals surface area (Å²) in [5.41, 5.74) is 5.93. The van der Waals surface area contributed by atoms with E-state index in [1.165, 1.54) is 17.2 Å². The highest BCUT2D eigenvalue weighted by molar-refractivity contribution is 6.45. The Morgan fingerprint density at radius 1 is 0.972 bits per heavy atom. The van der Waals surface area contributed by atoms with Gasteiger partial charge in [0.05, 0.1) is 11.1 Å². The van der Waals surface area contributed by atoms with Crippen LogP contribution in [0.1, 0.15) is 31.4 Å². The Balaban J connectivity index is 1.35. The predicted molar refractivity (Wildman–Crippen MR) is 123 cm³/mol. The number of carbonyl (C=O) groups excluding carboxylic acids is 4. The van der Waals surface area contributed by atoms with E-state index in [0.717, 1.165) is 6.07 Å². The van der Waals surface area contributed by atoms with Crippen molar-refractivity contribution >= 4 is 34.4 Å². The lowest BCUT2D eigenvalue weighted by molar-refractivity contribution is -0.127. The number of aromatic amines is 1. The van der Waals surface area contributed by atoms with Crippen LogP contribution in [0.5, 0.6) is 0 Å². The Bertz CT molecular complexity index is 1500. The highest BCUT2D eigenvalue weighted by Crippen LogP contribution is 2.31. The van der Waals surface area contributed by atoms with E-state index in [1.54, 1.807) is 29.2 Å². The lowest BCUT2D eigenvalue weighted by Crippen LogP contribution is -2.52. The van der Waals surface area contributed by atoms with E-state index in [2.05, 4.69) is 15.1 Å². The van der Waals surface area contributed by atoms with E-state index in [4.69, 9.17) is 10.3 Å². The first-order valence-corrected chi connectivity index (χ1v) is 11.0. The van der Waals surface area contributed by atoms with Gasteiger partial charge in [0.15, 0.2) is 0 Å². The fourth-order valence-corrected chi connectivity index (χ4v) is 4.14. The summed E-state index contributed by atoms with van der Waals surface area (Å²) in [4.78, 5) is 59.6. The Hall–Kier alpha value is -4.87. The summed E-state index contributed by atoms with van der Waals surface area (Å²) in [5.74, 6) is -3.98. The first kappa shape index (κ1) is 22.9. The van der Waals surface area contributed by atoms with Crippen molar-refractivity contribution in [2.24, 2.45) is 5.73 Å². The molecular formula is C24H19FN6O5. The van der Waals surface area contributed by atoms with Crippen LogP contribution in [-0.4, -0.2) is 74.6 Å². The number of H-pyrrole nitrogens is 1. The summed E-state index contributed by atoms with van der Waals surface area (Å²) in [5, 5.41) is 3.56. The molecule has 0 unspecified atom stereocenters. The number of aromatic nitrogens is 3. The van der Waals surface area contributed by atoms with Crippen molar-refractivity contribution in [3.63, 3.8) is 0 Å². The molecule has 1 aliphatic heterocycles. The fraction of sp³-hybridized carbons (Fsp3) is 0.167. The maximum absolute atomic E-state index is 14.8. The van der Waals surface area contributed by atoms with E-state index >= 15 is 0 Å². The third kappa shape index (κ3) is 3.98. The molecule has 4 aromatic rings. The monoisotopic (exact) mass is 490 g/mol. The molecule has 3 N–H and O–H groups in total. The zero-order chi connectivity index (χ0) is 25.4. The van der Waals surface area contributed by atoms with Crippen LogP contribution < -0.4 is 5.73 Å². The number of primary amides is 1. The average Bonchev–Trinajstić information content (AvgIpc) is 3.57. The summed E-state index contributed by atoms with van der Waals surface area (Å²) < 4.78 is 19.6. The van der Waals surface area contributed by atoms with Gasteiger partial charge in [-0.2, -0.15) is 4.98 Å².